The molecule has 24 heavy (non-hydrogen) atoms. The minimum Gasteiger partial charge on any atom is -0.365 e. The number of hydrogen-bond acceptors (Lipinski definition) is 3. The molecule has 0 saturated heterocycles. The minimum absolute atomic E-state index is 0.0699. The lowest BCUT2D eigenvalue weighted by Gasteiger charge is -2.23. The first-order valence-corrected chi connectivity index (χ1v) is 8.74. The van der Waals surface area contributed by atoms with Gasteiger partial charge in [0.2, 0.25) is 5.91 Å². The second-order valence-electron chi connectivity index (χ2n) is 6.55. The van der Waals surface area contributed by atoms with Crippen LogP contribution in [0, 0.1) is 0 Å². The molecule has 1 saturated carbocycles. The molecule has 1 fully saturated rings. The molecular formula is C18H25N3O3. The summed E-state index contributed by atoms with van der Waals surface area (Å²) in [5.41, 5.74) is 2.22. The molecule has 0 bridgehead atoms. The fraction of sp³-hybridized carbons (Fsp3) is 0.556. The van der Waals surface area contributed by atoms with E-state index in [2.05, 4.69) is 15.3 Å². The maximum Gasteiger partial charge on any atom is 0.323 e. The number of H-pyrrole nitrogens is 2. The van der Waals surface area contributed by atoms with Crippen molar-refractivity contribution in [2.75, 3.05) is 0 Å². The molecule has 0 unspecified atom stereocenters. The molecule has 1 aliphatic rings. The summed E-state index contributed by atoms with van der Waals surface area (Å²) in [6, 6.07) is 5.49. The van der Waals surface area contributed by atoms with E-state index in [9.17, 15) is 9.59 Å². The number of fused-ring (bicyclic) bond motifs is 1. The number of carbonyl (C=O) groups is 1. The van der Waals surface area contributed by atoms with Crippen molar-refractivity contribution in [3.05, 3.63) is 34.2 Å². The van der Waals surface area contributed by atoms with E-state index in [0.717, 1.165) is 29.4 Å². The van der Waals surface area contributed by atoms with Gasteiger partial charge < -0.3 is 20.0 Å². The lowest BCUT2D eigenvalue weighted by molar-refractivity contribution is -0.137. The van der Waals surface area contributed by atoms with Crippen molar-refractivity contribution in [1.29, 1.82) is 0 Å². The van der Waals surface area contributed by atoms with Crippen LogP contribution in [0.3, 0.4) is 0 Å². The molecule has 6 nitrogen and oxygen atoms in total. The van der Waals surface area contributed by atoms with Crippen LogP contribution in [0.15, 0.2) is 23.0 Å². The first kappa shape index (κ1) is 16.8. The number of benzene rings is 1. The van der Waals surface area contributed by atoms with E-state index in [1.54, 1.807) is 0 Å². The zero-order valence-electron chi connectivity index (χ0n) is 14.2. The van der Waals surface area contributed by atoms with Crippen LogP contribution in [0.4, 0.5) is 0 Å². The summed E-state index contributed by atoms with van der Waals surface area (Å²) < 4.78 is 5.97. The van der Waals surface area contributed by atoms with Gasteiger partial charge in [0.05, 0.1) is 23.2 Å². The van der Waals surface area contributed by atoms with Gasteiger partial charge >= 0.3 is 5.69 Å². The van der Waals surface area contributed by atoms with Crippen molar-refractivity contribution in [1.82, 2.24) is 15.3 Å². The van der Waals surface area contributed by atoms with Gasteiger partial charge in [0.15, 0.2) is 0 Å². The van der Waals surface area contributed by atoms with Gasteiger partial charge in [-0.15, -0.1) is 0 Å². The monoisotopic (exact) mass is 331 g/mol. The number of aromatic amines is 2. The summed E-state index contributed by atoms with van der Waals surface area (Å²) in [4.78, 5) is 29.3. The van der Waals surface area contributed by atoms with Crippen LogP contribution in [0.1, 0.15) is 57.6 Å². The van der Waals surface area contributed by atoms with E-state index in [4.69, 9.17) is 4.74 Å². The fourth-order valence-electron chi connectivity index (χ4n) is 3.31. The molecule has 6 heteroatoms. The predicted octanol–water partition coefficient (Wildman–Crippen LogP) is 2.77. The third-order valence-electron chi connectivity index (χ3n) is 4.72. The number of amides is 1. The maximum absolute atomic E-state index is 12.5. The van der Waals surface area contributed by atoms with Gasteiger partial charge in [-0.1, -0.05) is 25.8 Å². The zero-order chi connectivity index (χ0) is 17.1. The summed E-state index contributed by atoms with van der Waals surface area (Å²) in [7, 11) is 0. The first-order valence-electron chi connectivity index (χ1n) is 8.74. The summed E-state index contributed by atoms with van der Waals surface area (Å²) in [6.45, 7) is 3.91. The molecule has 0 aliphatic heterocycles. The topological polar surface area (TPSA) is 87.0 Å². The lowest BCUT2D eigenvalue weighted by Crippen LogP contribution is -2.39. The number of rotatable bonds is 6. The van der Waals surface area contributed by atoms with E-state index < -0.39 is 6.10 Å². The Morgan fingerprint density at radius 1 is 1.29 bits per heavy atom. The summed E-state index contributed by atoms with van der Waals surface area (Å²) in [6.07, 6.45) is 4.97. The van der Waals surface area contributed by atoms with Crippen molar-refractivity contribution < 1.29 is 9.53 Å². The van der Waals surface area contributed by atoms with Gasteiger partial charge in [-0.25, -0.2) is 4.79 Å². The number of ether oxygens (including phenoxy) is 1. The number of imidazole rings is 1. The van der Waals surface area contributed by atoms with Crippen LogP contribution >= 0.6 is 0 Å². The molecule has 2 atom stereocenters. The van der Waals surface area contributed by atoms with Crippen molar-refractivity contribution in [3.8, 4) is 0 Å². The van der Waals surface area contributed by atoms with Gasteiger partial charge in [0.1, 0.15) is 6.10 Å². The molecule has 0 radical (unpaired) electrons. The van der Waals surface area contributed by atoms with Crippen LogP contribution in [-0.4, -0.2) is 28.1 Å². The lowest BCUT2D eigenvalue weighted by atomic mass is 10.1. The largest absolute Gasteiger partial charge is 0.365 e. The SMILES string of the molecule is CC[C@@H](OC1CCCC1)C(=O)N[C@@H](C)c1ccc2[nH]c(=O)[nH]c2c1. The van der Waals surface area contributed by atoms with Crippen molar-refractivity contribution >= 4 is 16.9 Å². The standard InChI is InChI=1S/C18H25N3O3/c1-3-16(24-13-6-4-5-7-13)17(22)19-11(2)12-8-9-14-15(10-12)21-18(23)20-14/h8-11,13,16H,3-7H2,1-2H3,(H,19,22)(H2,20,21,23)/t11-,16+/m0/s1. The average molecular weight is 331 g/mol. The summed E-state index contributed by atoms with van der Waals surface area (Å²) in [5, 5.41) is 3.03. The number of nitrogens with one attached hydrogen (secondary N) is 3. The third-order valence-corrected chi connectivity index (χ3v) is 4.72. The molecule has 0 spiro atoms. The van der Waals surface area contributed by atoms with E-state index in [-0.39, 0.29) is 23.7 Å². The molecule has 130 valence electrons. The van der Waals surface area contributed by atoms with Gasteiger partial charge in [-0.3, -0.25) is 4.79 Å². The highest BCUT2D eigenvalue weighted by Gasteiger charge is 2.25. The highest BCUT2D eigenvalue weighted by atomic mass is 16.5. The second kappa shape index (κ2) is 7.21. The van der Waals surface area contributed by atoms with E-state index in [1.165, 1.54) is 12.8 Å². The van der Waals surface area contributed by atoms with Gasteiger partial charge in [-0.2, -0.15) is 0 Å². The maximum atomic E-state index is 12.5. The Morgan fingerprint density at radius 2 is 2.00 bits per heavy atom. The van der Waals surface area contributed by atoms with E-state index in [0.29, 0.717) is 6.42 Å². The molecule has 1 heterocycles. The Kier molecular flexibility index (Phi) is 5.04. The summed E-state index contributed by atoms with van der Waals surface area (Å²) in [5.74, 6) is -0.0699. The Hall–Kier alpha value is -2.08. The van der Waals surface area contributed by atoms with E-state index in [1.807, 2.05) is 32.0 Å². The average Bonchev–Trinajstić information content (AvgIpc) is 3.19. The highest BCUT2D eigenvalue weighted by Crippen LogP contribution is 2.23. The molecule has 2 aromatic rings. The number of aromatic nitrogens is 2. The molecule has 1 aromatic carbocycles. The van der Waals surface area contributed by atoms with Crippen LogP contribution < -0.4 is 11.0 Å². The molecule has 1 aliphatic carbocycles. The van der Waals surface area contributed by atoms with Gasteiger partial charge in [-0.05, 0) is 43.9 Å². The number of carbonyl (C=O) groups excluding carboxylic acids is 1. The quantitative estimate of drug-likeness (QED) is 0.760. The Balaban J connectivity index is 1.65. The Morgan fingerprint density at radius 3 is 2.71 bits per heavy atom. The first-order chi connectivity index (χ1) is 11.6. The smallest absolute Gasteiger partial charge is 0.323 e. The van der Waals surface area contributed by atoms with Crippen molar-refractivity contribution in [2.45, 2.75) is 64.2 Å². The van der Waals surface area contributed by atoms with Gasteiger partial charge in [0, 0.05) is 0 Å². The van der Waals surface area contributed by atoms with Crippen LogP contribution in [-0.2, 0) is 9.53 Å². The normalized spacial score (nSPS) is 17.9. The molecule has 1 amide bonds. The molecular weight excluding hydrogens is 306 g/mol. The van der Waals surface area contributed by atoms with Gasteiger partial charge in [0.25, 0.3) is 0 Å². The highest BCUT2D eigenvalue weighted by molar-refractivity contribution is 5.81. The van der Waals surface area contributed by atoms with Crippen molar-refractivity contribution in [2.24, 2.45) is 0 Å². The van der Waals surface area contributed by atoms with Crippen LogP contribution in [0.25, 0.3) is 11.0 Å². The Bertz CT molecular complexity index is 758. The Labute approximate surface area is 141 Å². The molecule has 3 N–H and O–H groups in total. The molecule has 3 rings (SSSR count). The van der Waals surface area contributed by atoms with Crippen LogP contribution in [0.5, 0.6) is 0 Å². The molecule has 1 aromatic heterocycles. The third kappa shape index (κ3) is 3.70. The second-order valence-corrected chi connectivity index (χ2v) is 6.55. The van der Waals surface area contributed by atoms with Crippen LogP contribution in [0.2, 0.25) is 0 Å². The summed E-state index contributed by atoms with van der Waals surface area (Å²) >= 11 is 0. The minimum atomic E-state index is -0.397. The van der Waals surface area contributed by atoms with E-state index >= 15 is 0 Å². The number of hydrogen-bond donors (Lipinski definition) is 3. The fourth-order valence-corrected chi connectivity index (χ4v) is 3.31. The predicted molar refractivity (Wildman–Crippen MR) is 92.9 cm³/mol. The van der Waals surface area contributed by atoms with Crippen molar-refractivity contribution in [3.63, 3.8) is 0 Å². The zero-order valence-corrected chi connectivity index (χ0v) is 14.2.